The predicted octanol–water partition coefficient (Wildman–Crippen LogP) is 4.26. The summed E-state index contributed by atoms with van der Waals surface area (Å²) in [5, 5.41) is 3.66. The zero-order chi connectivity index (χ0) is 23.6. The molecule has 0 spiro atoms. The van der Waals surface area contributed by atoms with E-state index < -0.39 is 23.6 Å². The summed E-state index contributed by atoms with van der Waals surface area (Å²) in [7, 11) is 0. The number of amides is 1. The molecule has 168 valence electrons. The average molecular weight is 458 g/mol. The molecule has 0 saturated heterocycles. The smallest absolute Gasteiger partial charge is 0.341 e. The van der Waals surface area contributed by atoms with Crippen molar-refractivity contribution in [3.8, 4) is 5.75 Å². The lowest BCUT2D eigenvalue weighted by atomic mass is 10.1. The maximum absolute atomic E-state index is 12.8. The van der Waals surface area contributed by atoms with Gasteiger partial charge in [-0.2, -0.15) is 0 Å². The zero-order valence-electron chi connectivity index (χ0n) is 18.4. The Morgan fingerprint density at radius 3 is 2.56 bits per heavy atom. The van der Waals surface area contributed by atoms with Gasteiger partial charge in [-0.1, -0.05) is 0 Å². The van der Waals surface area contributed by atoms with Gasteiger partial charge in [-0.25, -0.2) is 9.59 Å². The van der Waals surface area contributed by atoms with Gasteiger partial charge < -0.3 is 19.2 Å². The summed E-state index contributed by atoms with van der Waals surface area (Å²) in [6.45, 7) is 8.21. The summed E-state index contributed by atoms with van der Waals surface area (Å²) in [4.78, 5) is 49.1. The van der Waals surface area contributed by atoms with Crippen LogP contribution in [0.5, 0.6) is 5.75 Å². The molecule has 1 atom stereocenters. The van der Waals surface area contributed by atoms with Gasteiger partial charge in [0.1, 0.15) is 16.3 Å². The normalized spacial score (nSPS) is 11.8. The van der Waals surface area contributed by atoms with Crippen LogP contribution in [-0.2, 0) is 9.53 Å². The summed E-state index contributed by atoms with van der Waals surface area (Å²) >= 11 is 1.02. The highest BCUT2D eigenvalue weighted by molar-refractivity contribution is 7.18. The van der Waals surface area contributed by atoms with Crippen molar-refractivity contribution in [1.29, 1.82) is 0 Å². The fourth-order valence-electron chi connectivity index (χ4n) is 3.24. The minimum Gasteiger partial charge on any atom is -0.481 e. The number of nitrogens with one attached hydrogen (secondary N) is 1. The molecule has 0 aliphatic heterocycles. The van der Waals surface area contributed by atoms with Crippen LogP contribution in [0.15, 0.2) is 33.5 Å². The van der Waals surface area contributed by atoms with Crippen molar-refractivity contribution in [3.05, 3.63) is 56.3 Å². The average Bonchev–Trinajstić information content (AvgIpc) is 3.03. The largest absolute Gasteiger partial charge is 0.481 e. The Labute approximate surface area is 188 Å². The maximum Gasteiger partial charge on any atom is 0.341 e. The number of Topliss-reactive ketones (excluding diaryl/α,β-unsaturated/α-hetero) is 1. The predicted molar refractivity (Wildman–Crippen MR) is 121 cm³/mol. The number of rotatable bonds is 7. The summed E-state index contributed by atoms with van der Waals surface area (Å²) in [5.41, 5.74) is 1.27. The number of esters is 1. The Kier molecular flexibility index (Phi) is 6.78. The molecule has 0 fully saturated rings. The van der Waals surface area contributed by atoms with Crippen LogP contribution in [0.3, 0.4) is 0 Å². The van der Waals surface area contributed by atoms with Gasteiger partial charge in [-0.3, -0.25) is 9.59 Å². The molecule has 1 aromatic carbocycles. The van der Waals surface area contributed by atoms with Crippen molar-refractivity contribution in [2.24, 2.45) is 0 Å². The highest BCUT2D eigenvalue weighted by Crippen LogP contribution is 2.34. The summed E-state index contributed by atoms with van der Waals surface area (Å²) in [6.07, 6.45) is -0.942. The molecule has 2 heterocycles. The number of anilines is 1. The van der Waals surface area contributed by atoms with Gasteiger partial charge in [0.15, 0.2) is 11.9 Å². The van der Waals surface area contributed by atoms with Crippen LogP contribution < -0.4 is 15.7 Å². The minimum atomic E-state index is -0.942. The first-order valence-electron chi connectivity index (χ1n) is 9.95. The molecule has 0 bridgehead atoms. The van der Waals surface area contributed by atoms with Gasteiger partial charge in [0.2, 0.25) is 0 Å². The lowest BCUT2D eigenvalue weighted by Crippen LogP contribution is -2.30. The summed E-state index contributed by atoms with van der Waals surface area (Å²) in [6, 6.07) is 6.36. The second-order valence-corrected chi connectivity index (χ2v) is 8.21. The number of aryl methyl sites for hydroxylation is 1. The lowest BCUT2D eigenvalue weighted by molar-refractivity contribution is -0.122. The Hall–Kier alpha value is -3.46. The Balaban J connectivity index is 1.83. The topological polar surface area (TPSA) is 112 Å². The Bertz CT molecular complexity index is 1270. The molecule has 32 heavy (non-hydrogen) atoms. The van der Waals surface area contributed by atoms with Crippen LogP contribution >= 0.6 is 11.3 Å². The SMILES string of the molecule is CCOC(=O)c1c(NC(=O)C(C)Oc2ccc3c(C)cc(=O)oc3c2)sc(C(C)=O)c1C. The highest BCUT2D eigenvalue weighted by atomic mass is 32.1. The van der Waals surface area contributed by atoms with Crippen LogP contribution in [0.25, 0.3) is 11.0 Å². The molecule has 1 amide bonds. The van der Waals surface area contributed by atoms with Gasteiger partial charge in [0.05, 0.1) is 17.0 Å². The second kappa shape index (κ2) is 9.35. The number of hydrogen-bond donors (Lipinski definition) is 1. The number of carbonyl (C=O) groups excluding carboxylic acids is 3. The van der Waals surface area contributed by atoms with E-state index in [9.17, 15) is 19.2 Å². The Morgan fingerprint density at radius 2 is 1.91 bits per heavy atom. The van der Waals surface area contributed by atoms with Crippen molar-refractivity contribution >= 4 is 45.0 Å². The third kappa shape index (κ3) is 4.72. The van der Waals surface area contributed by atoms with E-state index in [0.29, 0.717) is 21.8 Å². The lowest BCUT2D eigenvalue weighted by Gasteiger charge is -2.15. The zero-order valence-corrected chi connectivity index (χ0v) is 19.2. The van der Waals surface area contributed by atoms with Gasteiger partial charge in [-0.15, -0.1) is 11.3 Å². The molecule has 0 aliphatic rings. The van der Waals surface area contributed by atoms with E-state index in [-0.39, 0.29) is 23.0 Å². The second-order valence-electron chi connectivity index (χ2n) is 7.19. The Morgan fingerprint density at radius 1 is 1.19 bits per heavy atom. The van der Waals surface area contributed by atoms with E-state index in [0.717, 1.165) is 22.3 Å². The molecule has 3 rings (SSSR count). The molecule has 0 aliphatic carbocycles. The van der Waals surface area contributed by atoms with Gasteiger partial charge in [0, 0.05) is 17.5 Å². The molecule has 3 aromatic rings. The quantitative estimate of drug-likeness (QED) is 0.320. The third-order valence-corrected chi connectivity index (χ3v) is 6.10. The van der Waals surface area contributed by atoms with Crippen molar-refractivity contribution in [2.75, 3.05) is 11.9 Å². The first-order valence-corrected chi connectivity index (χ1v) is 10.8. The van der Waals surface area contributed by atoms with E-state index in [1.807, 2.05) is 0 Å². The molecular formula is C23H23NO7S. The van der Waals surface area contributed by atoms with Gasteiger partial charge >= 0.3 is 11.6 Å². The van der Waals surface area contributed by atoms with E-state index in [1.54, 1.807) is 45.9 Å². The number of benzene rings is 1. The van der Waals surface area contributed by atoms with Crippen LogP contribution in [0.1, 0.15) is 51.9 Å². The summed E-state index contributed by atoms with van der Waals surface area (Å²) < 4.78 is 16.0. The molecule has 0 radical (unpaired) electrons. The van der Waals surface area contributed by atoms with E-state index in [1.165, 1.54) is 13.0 Å². The molecule has 9 heteroatoms. The van der Waals surface area contributed by atoms with E-state index in [2.05, 4.69) is 5.32 Å². The molecular weight excluding hydrogens is 434 g/mol. The van der Waals surface area contributed by atoms with Crippen LogP contribution in [0, 0.1) is 13.8 Å². The van der Waals surface area contributed by atoms with Crippen LogP contribution in [-0.4, -0.2) is 30.4 Å². The number of ketones is 1. The van der Waals surface area contributed by atoms with Gasteiger partial charge in [-0.05, 0) is 57.9 Å². The molecule has 1 unspecified atom stereocenters. The fraction of sp³-hybridized carbons (Fsp3) is 0.304. The maximum atomic E-state index is 12.8. The minimum absolute atomic E-state index is 0.158. The molecule has 8 nitrogen and oxygen atoms in total. The van der Waals surface area contributed by atoms with Crippen LogP contribution in [0.4, 0.5) is 5.00 Å². The van der Waals surface area contributed by atoms with Crippen LogP contribution in [0.2, 0.25) is 0 Å². The summed E-state index contributed by atoms with van der Waals surface area (Å²) in [5.74, 6) is -1.00. The number of hydrogen-bond acceptors (Lipinski definition) is 8. The number of ether oxygens (including phenoxy) is 2. The monoisotopic (exact) mass is 457 g/mol. The number of fused-ring (bicyclic) bond motifs is 1. The van der Waals surface area contributed by atoms with E-state index >= 15 is 0 Å². The molecule has 0 saturated carbocycles. The highest BCUT2D eigenvalue weighted by Gasteiger charge is 2.27. The van der Waals surface area contributed by atoms with Crippen molar-refractivity contribution in [1.82, 2.24) is 0 Å². The molecule has 2 aromatic heterocycles. The van der Waals surface area contributed by atoms with Crippen molar-refractivity contribution < 1.29 is 28.3 Å². The van der Waals surface area contributed by atoms with Crippen molar-refractivity contribution in [3.63, 3.8) is 0 Å². The third-order valence-electron chi connectivity index (χ3n) is 4.79. The number of thiophene rings is 1. The standard InChI is InChI=1S/C23H23NO7S/c1-6-29-23(28)19-12(3)20(13(4)25)32-22(19)24-21(27)14(5)30-15-7-8-16-11(2)9-18(26)31-17(16)10-15/h7-10,14H,6H2,1-5H3,(H,24,27). The van der Waals surface area contributed by atoms with Gasteiger partial charge in [0.25, 0.3) is 5.91 Å². The first kappa shape index (κ1) is 23.2. The van der Waals surface area contributed by atoms with E-state index in [4.69, 9.17) is 13.9 Å². The molecule has 1 N–H and O–H groups in total. The first-order chi connectivity index (χ1) is 15.1. The number of carbonyl (C=O) groups is 3. The van der Waals surface area contributed by atoms with Crippen molar-refractivity contribution in [2.45, 2.75) is 40.7 Å². The fourth-order valence-corrected chi connectivity index (χ4v) is 4.33.